The van der Waals surface area contributed by atoms with Crippen LogP contribution in [-0.2, 0) is 17.6 Å². The van der Waals surface area contributed by atoms with Crippen molar-refractivity contribution < 1.29 is 9.90 Å². The number of hydrogen-bond donors (Lipinski definition) is 3. The maximum Gasteiger partial charge on any atom is 0.244 e. The Labute approximate surface area is 170 Å². The molecule has 29 heavy (non-hydrogen) atoms. The van der Waals surface area contributed by atoms with E-state index in [9.17, 15) is 9.90 Å². The van der Waals surface area contributed by atoms with Crippen LogP contribution < -0.4 is 10.6 Å². The molecule has 1 aromatic heterocycles. The van der Waals surface area contributed by atoms with Crippen LogP contribution in [0.1, 0.15) is 29.7 Å². The fourth-order valence-corrected chi connectivity index (χ4v) is 3.76. The van der Waals surface area contributed by atoms with Crippen molar-refractivity contribution in [1.82, 2.24) is 10.3 Å². The molecule has 0 unspecified atom stereocenters. The number of aromatic nitrogens is 1. The summed E-state index contributed by atoms with van der Waals surface area (Å²) in [6.07, 6.45) is 7.72. The highest BCUT2D eigenvalue weighted by atomic mass is 16.3. The first-order valence-electron chi connectivity index (χ1n) is 10.1. The van der Waals surface area contributed by atoms with E-state index in [0.717, 1.165) is 29.3 Å². The summed E-state index contributed by atoms with van der Waals surface area (Å²) in [6, 6.07) is 15.0. The largest absolute Gasteiger partial charge is 0.508 e. The number of phenolic OH excluding ortho intramolecular Hbond substituents is 1. The average Bonchev–Trinajstić information content (AvgIpc) is 2.75. The number of phenols is 1. The molecule has 3 aromatic rings. The minimum atomic E-state index is -0.138. The van der Waals surface area contributed by atoms with Gasteiger partial charge >= 0.3 is 0 Å². The molecule has 5 nitrogen and oxygen atoms in total. The van der Waals surface area contributed by atoms with E-state index >= 15 is 0 Å². The maximum atomic E-state index is 12.1. The number of rotatable bonds is 6. The third kappa shape index (κ3) is 4.57. The zero-order chi connectivity index (χ0) is 20.1. The fraction of sp³-hybridized carbons (Fsp3) is 0.250. The quantitative estimate of drug-likeness (QED) is 0.440. The fourth-order valence-electron chi connectivity index (χ4n) is 3.76. The number of aromatic hydroxyl groups is 1. The third-order valence-corrected chi connectivity index (χ3v) is 5.22. The Balaban J connectivity index is 1.37. The van der Waals surface area contributed by atoms with Gasteiger partial charge in [-0.3, -0.25) is 9.78 Å². The van der Waals surface area contributed by atoms with E-state index in [1.54, 1.807) is 30.3 Å². The van der Waals surface area contributed by atoms with Crippen molar-refractivity contribution >= 4 is 28.6 Å². The number of carbonyl (C=O) groups is 1. The van der Waals surface area contributed by atoms with Crippen molar-refractivity contribution in [1.29, 1.82) is 0 Å². The zero-order valence-electron chi connectivity index (χ0n) is 16.3. The first-order chi connectivity index (χ1) is 14.2. The lowest BCUT2D eigenvalue weighted by atomic mass is 9.92. The molecule has 1 heterocycles. The monoisotopic (exact) mass is 387 g/mol. The highest BCUT2D eigenvalue weighted by molar-refractivity contribution is 5.94. The molecule has 0 fully saturated rings. The van der Waals surface area contributed by atoms with Gasteiger partial charge in [0.05, 0.1) is 5.52 Å². The second-order valence-corrected chi connectivity index (χ2v) is 7.28. The van der Waals surface area contributed by atoms with Gasteiger partial charge in [0.2, 0.25) is 5.91 Å². The second-order valence-electron chi connectivity index (χ2n) is 7.28. The topological polar surface area (TPSA) is 74.2 Å². The minimum absolute atomic E-state index is 0.138. The third-order valence-electron chi connectivity index (χ3n) is 5.22. The molecule has 1 aliphatic carbocycles. The van der Waals surface area contributed by atoms with Crippen LogP contribution in [-0.4, -0.2) is 29.1 Å². The SMILES string of the molecule is O=C(/C=C/c1ccc(O)cc1)NCCNc1c2c(nc3ccccc13)CCCC2. The Morgan fingerprint density at radius 3 is 2.69 bits per heavy atom. The normalized spacial score (nSPS) is 13.4. The summed E-state index contributed by atoms with van der Waals surface area (Å²) in [7, 11) is 0. The summed E-state index contributed by atoms with van der Waals surface area (Å²) in [5, 5.41) is 16.9. The standard InChI is InChI=1S/C24H25N3O2/c28-18-12-9-17(10-13-18)11-14-23(29)25-15-16-26-24-19-5-1-3-7-21(19)27-22-8-4-2-6-20(22)24/h1,3,5,7,9-14,28H,2,4,6,8,15-16H2,(H,25,29)(H,26,27)/b14-11+. The van der Waals surface area contributed by atoms with Gasteiger partial charge in [0.25, 0.3) is 0 Å². The molecule has 1 amide bonds. The number of aryl methyl sites for hydroxylation is 1. The van der Waals surface area contributed by atoms with Crippen LogP contribution >= 0.6 is 0 Å². The molecule has 0 saturated carbocycles. The van der Waals surface area contributed by atoms with Gasteiger partial charge in [-0.05, 0) is 61.1 Å². The lowest BCUT2D eigenvalue weighted by Crippen LogP contribution is -2.27. The molecule has 0 radical (unpaired) electrons. The molecular formula is C24H25N3O2. The van der Waals surface area contributed by atoms with Gasteiger partial charge in [0.1, 0.15) is 5.75 Å². The predicted octanol–water partition coefficient (Wildman–Crippen LogP) is 4.06. The van der Waals surface area contributed by atoms with Gasteiger partial charge in [-0.25, -0.2) is 0 Å². The van der Waals surface area contributed by atoms with Gasteiger partial charge in [0.15, 0.2) is 0 Å². The molecule has 0 bridgehead atoms. The molecule has 1 aliphatic rings. The molecule has 3 N–H and O–H groups in total. The molecular weight excluding hydrogens is 362 g/mol. The molecule has 0 atom stereocenters. The van der Waals surface area contributed by atoms with E-state index in [2.05, 4.69) is 22.8 Å². The van der Waals surface area contributed by atoms with Crippen molar-refractivity contribution in [2.75, 3.05) is 18.4 Å². The molecule has 5 heteroatoms. The Hall–Kier alpha value is -3.34. The van der Waals surface area contributed by atoms with Gasteiger partial charge in [0, 0.05) is 35.9 Å². The number of para-hydroxylation sites is 1. The van der Waals surface area contributed by atoms with Crippen molar-refractivity contribution in [3.05, 3.63) is 71.4 Å². The van der Waals surface area contributed by atoms with Crippen LogP contribution in [0.3, 0.4) is 0 Å². The van der Waals surface area contributed by atoms with Crippen LogP contribution in [0.5, 0.6) is 5.75 Å². The minimum Gasteiger partial charge on any atom is -0.508 e. The van der Waals surface area contributed by atoms with Gasteiger partial charge in [-0.15, -0.1) is 0 Å². The number of amides is 1. The highest BCUT2D eigenvalue weighted by Gasteiger charge is 2.17. The predicted molar refractivity (Wildman–Crippen MR) is 117 cm³/mol. The Kier molecular flexibility index (Phi) is 5.75. The first-order valence-corrected chi connectivity index (χ1v) is 10.1. The van der Waals surface area contributed by atoms with Crippen LogP contribution in [0.4, 0.5) is 5.69 Å². The van der Waals surface area contributed by atoms with Crippen LogP contribution in [0, 0.1) is 0 Å². The van der Waals surface area contributed by atoms with E-state index in [-0.39, 0.29) is 11.7 Å². The Morgan fingerprint density at radius 1 is 1.03 bits per heavy atom. The lowest BCUT2D eigenvalue weighted by Gasteiger charge is -2.21. The van der Waals surface area contributed by atoms with Crippen LogP contribution in [0.2, 0.25) is 0 Å². The molecule has 0 saturated heterocycles. The number of nitrogens with one attached hydrogen (secondary N) is 2. The number of pyridine rings is 1. The van der Waals surface area contributed by atoms with E-state index in [0.29, 0.717) is 13.1 Å². The number of anilines is 1. The molecule has 4 rings (SSSR count). The van der Waals surface area contributed by atoms with Gasteiger partial charge in [-0.1, -0.05) is 30.3 Å². The summed E-state index contributed by atoms with van der Waals surface area (Å²) >= 11 is 0. The second kappa shape index (κ2) is 8.78. The molecule has 0 aliphatic heterocycles. The summed E-state index contributed by atoms with van der Waals surface area (Å²) < 4.78 is 0. The number of benzene rings is 2. The van der Waals surface area contributed by atoms with E-state index in [1.807, 2.05) is 12.1 Å². The van der Waals surface area contributed by atoms with E-state index < -0.39 is 0 Å². The zero-order valence-corrected chi connectivity index (χ0v) is 16.3. The van der Waals surface area contributed by atoms with Gasteiger partial charge in [-0.2, -0.15) is 0 Å². The summed E-state index contributed by atoms with van der Waals surface area (Å²) in [4.78, 5) is 16.9. The van der Waals surface area contributed by atoms with Crippen LogP contribution in [0.15, 0.2) is 54.6 Å². The number of hydrogen-bond acceptors (Lipinski definition) is 4. The van der Waals surface area contributed by atoms with Crippen LogP contribution in [0.25, 0.3) is 17.0 Å². The summed E-state index contributed by atoms with van der Waals surface area (Å²) in [6.45, 7) is 1.18. The summed E-state index contributed by atoms with van der Waals surface area (Å²) in [5.41, 5.74) is 5.59. The van der Waals surface area contributed by atoms with E-state index in [1.165, 1.54) is 35.9 Å². The molecule has 148 valence electrons. The maximum absolute atomic E-state index is 12.1. The van der Waals surface area contributed by atoms with Gasteiger partial charge < -0.3 is 15.7 Å². The number of fused-ring (bicyclic) bond motifs is 2. The Morgan fingerprint density at radius 2 is 1.83 bits per heavy atom. The van der Waals surface area contributed by atoms with E-state index in [4.69, 9.17) is 4.98 Å². The highest BCUT2D eigenvalue weighted by Crippen LogP contribution is 2.33. The number of carbonyl (C=O) groups excluding carboxylic acids is 1. The van der Waals surface area contributed by atoms with Crippen molar-refractivity contribution in [3.8, 4) is 5.75 Å². The molecule has 2 aromatic carbocycles. The molecule has 0 spiro atoms. The average molecular weight is 387 g/mol. The Bertz CT molecular complexity index is 1040. The van der Waals surface area contributed by atoms with Crippen molar-refractivity contribution in [2.45, 2.75) is 25.7 Å². The number of nitrogens with zero attached hydrogens (tertiary/aromatic N) is 1. The smallest absolute Gasteiger partial charge is 0.244 e. The van der Waals surface area contributed by atoms with Crippen molar-refractivity contribution in [3.63, 3.8) is 0 Å². The van der Waals surface area contributed by atoms with Crippen molar-refractivity contribution in [2.24, 2.45) is 0 Å². The first kappa shape index (κ1) is 19.0. The lowest BCUT2D eigenvalue weighted by molar-refractivity contribution is -0.116. The summed E-state index contributed by atoms with van der Waals surface area (Å²) in [5.74, 6) is 0.0741.